The van der Waals surface area contributed by atoms with Gasteiger partial charge in [0.25, 0.3) is 15.9 Å². The van der Waals surface area contributed by atoms with E-state index in [-0.39, 0.29) is 28.8 Å². The summed E-state index contributed by atoms with van der Waals surface area (Å²) in [5.74, 6) is -0.694. The van der Waals surface area contributed by atoms with Crippen LogP contribution in [0.4, 0.5) is 10.1 Å². The van der Waals surface area contributed by atoms with Crippen LogP contribution in [0.2, 0.25) is 0 Å². The number of fused-ring (bicyclic) bond motifs is 1. The van der Waals surface area contributed by atoms with Crippen LogP contribution in [0.3, 0.4) is 0 Å². The second-order valence-corrected chi connectivity index (χ2v) is 8.61. The Bertz CT molecular complexity index is 1350. The van der Waals surface area contributed by atoms with Crippen molar-refractivity contribution in [3.8, 4) is 5.75 Å². The zero-order chi connectivity index (χ0) is 22.7. The van der Waals surface area contributed by atoms with E-state index in [9.17, 15) is 17.6 Å². The van der Waals surface area contributed by atoms with Crippen LogP contribution < -0.4 is 14.8 Å². The Balaban J connectivity index is 1.43. The monoisotopic (exact) mass is 454 g/mol. The first kappa shape index (κ1) is 21.3. The van der Waals surface area contributed by atoms with E-state index in [0.29, 0.717) is 11.3 Å². The number of benzene rings is 2. The van der Waals surface area contributed by atoms with Crippen molar-refractivity contribution < 1.29 is 22.3 Å². The van der Waals surface area contributed by atoms with Gasteiger partial charge in [-0.05, 0) is 42.0 Å². The van der Waals surface area contributed by atoms with Gasteiger partial charge in [0.1, 0.15) is 17.3 Å². The summed E-state index contributed by atoms with van der Waals surface area (Å²) >= 11 is 0. The van der Waals surface area contributed by atoms with Gasteiger partial charge >= 0.3 is 0 Å². The van der Waals surface area contributed by atoms with Crippen molar-refractivity contribution in [2.24, 2.45) is 0 Å². The Morgan fingerprint density at radius 2 is 1.91 bits per heavy atom. The van der Waals surface area contributed by atoms with E-state index >= 15 is 0 Å². The van der Waals surface area contributed by atoms with Gasteiger partial charge in [-0.15, -0.1) is 0 Å². The zero-order valence-electron chi connectivity index (χ0n) is 16.9. The maximum absolute atomic E-state index is 13.5. The number of hydrogen-bond donors (Lipinski definition) is 3. The number of amides is 1. The Hall–Kier alpha value is -3.92. The molecule has 0 aliphatic rings. The average Bonchev–Trinajstić information content (AvgIpc) is 3.22. The highest BCUT2D eigenvalue weighted by atomic mass is 32.2. The molecule has 1 amide bonds. The molecule has 2 aromatic heterocycles. The molecular weight excluding hydrogens is 435 g/mol. The van der Waals surface area contributed by atoms with Crippen molar-refractivity contribution in [3.63, 3.8) is 0 Å². The number of nitrogens with one attached hydrogen (secondary N) is 3. The van der Waals surface area contributed by atoms with Crippen LogP contribution in [-0.2, 0) is 16.6 Å². The number of carbonyl (C=O) groups excluding carboxylic acids is 1. The number of H-pyrrole nitrogens is 1. The van der Waals surface area contributed by atoms with Crippen LogP contribution in [0.25, 0.3) is 10.9 Å². The van der Waals surface area contributed by atoms with E-state index < -0.39 is 15.8 Å². The predicted octanol–water partition coefficient (Wildman–Crippen LogP) is 3.44. The number of ether oxygens (including phenoxy) is 1. The van der Waals surface area contributed by atoms with E-state index in [4.69, 9.17) is 4.74 Å². The summed E-state index contributed by atoms with van der Waals surface area (Å²) in [6, 6.07) is 13.0. The molecule has 0 unspecified atom stereocenters. The third-order valence-corrected chi connectivity index (χ3v) is 6.14. The third-order valence-electron chi connectivity index (χ3n) is 4.76. The fourth-order valence-corrected chi connectivity index (χ4v) is 4.18. The molecule has 0 aliphatic heterocycles. The van der Waals surface area contributed by atoms with E-state index in [1.54, 1.807) is 36.7 Å². The van der Waals surface area contributed by atoms with Crippen LogP contribution in [0.1, 0.15) is 16.1 Å². The minimum atomic E-state index is -3.96. The molecule has 4 aromatic rings. The van der Waals surface area contributed by atoms with Crippen molar-refractivity contribution in [1.29, 1.82) is 0 Å². The van der Waals surface area contributed by atoms with Crippen LogP contribution in [0.5, 0.6) is 5.75 Å². The van der Waals surface area contributed by atoms with E-state index in [0.717, 1.165) is 17.0 Å². The molecule has 8 nitrogen and oxygen atoms in total. The summed E-state index contributed by atoms with van der Waals surface area (Å²) in [6.07, 6.45) is 3.30. The number of aromatic nitrogens is 2. The van der Waals surface area contributed by atoms with Gasteiger partial charge in [-0.25, -0.2) is 12.8 Å². The first-order chi connectivity index (χ1) is 15.4. The Morgan fingerprint density at radius 1 is 1.12 bits per heavy atom. The number of nitrogens with zero attached hydrogens (tertiary/aromatic N) is 1. The Morgan fingerprint density at radius 3 is 2.62 bits per heavy atom. The van der Waals surface area contributed by atoms with Gasteiger partial charge < -0.3 is 15.0 Å². The topological polar surface area (TPSA) is 113 Å². The Kier molecular flexibility index (Phi) is 5.78. The smallest absolute Gasteiger partial charge is 0.267 e. The second-order valence-electron chi connectivity index (χ2n) is 6.92. The fraction of sp³-hybridized carbons (Fsp3) is 0.0909. The maximum Gasteiger partial charge on any atom is 0.267 e. The highest BCUT2D eigenvalue weighted by Crippen LogP contribution is 2.27. The number of methoxy groups -OCH3 is 1. The SMILES string of the molecule is COc1ccc(F)cc1NS(=O)(=O)c1ccc(CNC(=O)c2cc3cnccc3[nH]2)cc1. The van der Waals surface area contributed by atoms with Gasteiger partial charge in [0.2, 0.25) is 0 Å². The van der Waals surface area contributed by atoms with Gasteiger partial charge in [0.05, 0.1) is 17.7 Å². The highest BCUT2D eigenvalue weighted by Gasteiger charge is 2.17. The molecule has 0 radical (unpaired) electrons. The molecule has 0 atom stereocenters. The molecule has 0 bridgehead atoms. The predicted molar refractivity (Wildman–Crippen MR) is 117 cm³/mol. The van der Waals surface area contributed by atoms with E-state index in [2.05, 4.69) is 20.0 Å². The molecular formula is C22H19FN4O4S. The summed E-state index contributed by atoms with van der Waals surface area (Å²) in [5, 5.41) is 3.61. The molecule has 0 aliphatic carbocycles. The number of rotatable bonds is 7. The number of hydrogen-bond acceptors (Lipinski definition) is 5. The molecule has 2 heterocycles. The molecule has 164 valence electrons. The lowest BCUT2D eigenvalue weighted by Crippen LogP contribution is -2.23. The Labute approximate surface area is 183 Å². The molecule has 0 spiro atoms. The van der Waals surface area contributed by atoms with Crippen molar-refractivity contribution in [1.82, 2.24) is 15.3 Å². The number of aromatic amines is 1. The number of carbonyl (C=O) groups is 1. The van der Waals surface area contributed by atoms with Gasteiger partial charge in [-0.2, -0.15) is 0 Å². The zero-order valence-corrected chi connectivity index (χ0v) is 17.7. The van der Waals surface area contributed by atoms with Gasteiger partial charge in [0, 0.05) is 35.9 Å². The molecule has 32 heavy (non-hydrogen) atoms. The minimum Gasteiger partial charge on any atom is -0.495 e. The van der Waals surface area contributed by atoms with Crippen LogP contribution in [0, 0.1) is 5.82 Å². The summed E-state index contributed by atoms with van der Waals surface area (Å²) in [7, 11) is -2.60. The van der Waals surface area contributed by atoms with Crippen molar-refractivity contribution >= 4 is 32.5 Å². The summed E-state index contributed by atoms with van der Waals surface area (Å²) in [5.41, 5.74) is 1.92. The number of anilines is 1. The first-order valence-electron chi connectivity index (χ1n) is 9.52. The molecule has 0 saturated heterocycles. The minimum absolute atomic E-state index is 0.00243. The fourth-order valence-electron chi connectivity index (χ4n) is 3.12. The van der Waals surface area contributed by atoms with Gasteiger partial charge in [-0.3, -0.25) is 14.5 Å². The van der Waals surface area contributed by atoms with Crippen molar-refractivity contribution in [3.05, 3.63) is 84.1 Å². The lowest BCUT2D eigenvalue weighted by molar-refractivity contribution is 0.0946. The molecule has 3 N–H and O–H groups in total. The van der Waals surface area contributed by atoms with Crippen LogP contribution >= 0.6 is 0 Å². The normalized spacial score (nSPS) is 11.3. The van der Waals surface area contributed by atoms with Crippen molar-refractivity contribution in [2.45, 2.75) is 11.4 Å². The number of sulfonamides is 1. The highest BCUT2D eigenvalue weighted by molar-refractivity contribution is 7.92. The van der Waals surface area contributed by atoms with Gasteiger partial charge in [-0.1, -0.05) is 12.1 Å². The summed E-state index contributed by atoms with van der Waals surface area (Å²) in [6.45, 7) is 0.206. The maximum atomic E-state index is 13.5. The van der Waals surface area contributed by atoms with Gasteiger partial charge in [0.15, 0.2) is 0 Å². The standard InChI is InChI=1S/C22H19FN4O4S/c1-31-21-7-4-16(23)11-19(21)27-32(29,30)17-5-2-14(3-6-17)12-25-22(28)20-10-15-13-24-9-8-18(15)26-20/h2-11,13,26-27H,12H2,1H3,(H,25,28). The lowest BCUT2D eigenvalue weighted by Gasteiger charge is -2.12. The average molecular weight is 454 g/mol. The van der Waals surface area contributed by atoms with E-state index in [1.807, 2.05) is 0 Å². The van der Waals surface area contributed by atoms with Crippen LogP contribution in [-0.4, -0.2) is 31.4 Å². The summed E-state index contributed by atoms with van der Waals surface area (Å²) in [4.78, 5) is 19.4. The second kappa shape index (κ2) is 8.67. The largest absolute Gasteiger partial charge is 0.495 e. The number of pyridine rings is 1. The number of halogens is 1. The molecule has 0 saturated carbocycles. The van der Waals surface area contributed by atoms with E-state index in [1.165, 1.54) is 31.4 Å². The molecule has 10 heteroatoms. The summed E-state index contributed by atoms with van der Waals surface area (Å²) < 4.78 is 46.2. The quantitative estimate of drug-likeness (QED) is 0.396. The van der Waals surface area contributed by atoms with Crippen molar-refractivity contribution in [2.75, 3.05) is 11.8 Å². The lowest BCUT2D eigenvalue weighted by atomic mass is 10.2. The molecule has 4 rings (SSSR count). The molecule has 0 fully saturated rings. The van der Waals surface area contributed by atoms with Crippen LogP contribution in [0.15, 0.2) is 71.9 Å². The first-order valence-corrected chi connectivity index (χ1v) is 11.0. The molecule has 2 aromatic carbocycles. The third kappa shape index (κ3) is 4.54.